The molecule has 1 saturated carbocycles. The Kier molecular flexibility index (Phi) is 6.54. The number of hydrogen-bond donors (Lipinski definition) is 1. The van der Waals surface area contributed by atoms with E-state index in [1.165, 1.54) is 31.4 Å². The molecule has 0 spiro atoms. The molecule has 0 aliphatic heterocycles. The Morgan fingerprint density at radius 1 is 1.40 bits per heavy atom. The van der Waals surface area contributed by atoms with Crippen molar-refractivity contribution in [1.82, 2.24) is 15.1 Å². The zero-order valence-corrected chi connectivity index (χ0v) is 13.0. The van der Waals surface area contributed by atoms with Gasteiger partial charge >= 0.3 is 0 Å². The summed E-state index contributed by atoms with van der Waals surface area (Å²) < 4.78 is 7.76. The molecule has 1 N–H and O–H groups in total. The minimum atomic E-state index is 0.457. The predicted molar refractivity (Wildman–Crippen MR) is 82.0 cm³/mol. The third kappa shape index (κ3) is 4.60. The van der Waals surface area contributed by atoms with Gasteiger partial charge in [0.05, 0.1) is 11.7 Å². The SMILES string of the molecule is CCCOCCC(Cc1ccn(C2CCCC2)n1)NC. The first-order valence-corrected chi connectivity index (χ1v) is 8.12. The summed E-state index contributed by atoms with van der Waals surface area (Å²) in [4.78, 5) is 0. The molecular weight excluding hydrogens is 250 g/mol. The van der Waals surface area contributed by atoms with Crippen LogP contribution in [0.2, 0.25) is 0 Å². The monoisotopic (exact) mass is 279 g/mol. The summed E-state index contributed by atoms with van der Waals surface area (Å²) in [6.07, 6.45) is 10.6. The largest absolute Gasteiger partial charge is 0.381 e. The van der Waals surface area contributed by atoms with Crippen molar-refractivity contribution < 1.29 is 4.74 Å². The molecule has 20 heavy (non-hydrogen) atoms. The molecule has 1 aliphatic rings. The molecule has 1 unspecified atom stereocenters. The van der Waals surface area contributed by atoms with Gasteiger partial charge in [0.25, 0.3) is 0 Å². The maximum atomic E-state index is 5.57. The van der Waals surface area contributed by atoms with Crippen molar-refractivity contribution in [2.45, 2.75) is 64.0 Å². The van der Waals surface area contributed by atoms with Gasteiger partial charge < -0.3 is 10.1 Å². The van der Waals surface area contributed by atoms with Gasteiger partial charge in [0.15, 0.2) is 0 Å². The van der Waals surface area contributed by atoms with Crippen molar-refractivity contribution in [1.29, 1.82) is 0 Å². The van der Waals surface area contributed by atoms with E-state index in [9.17, 15) is 0 Å². The molecule has 0 radical (unpaired) electrons. The van der Waals surface area contributed by atoms with Crippen molar-refractivity contribution in [3.8, 4) is 0 Å². The van der Waals surface area contributed by atoms with Gasteiger partial charge in [-0.1, -0.05) is 19.8 Å². The quantitative estimate of drug-likeness (QED) is 0.706. The molecule has 4 heteroatoms. The predicted octanol–water partition coefficient (Wildman–Crippen LogP) is 2.95. The molecular formula is C16H29N3O. The molecule has 0 bridgehead atoms. The first-order valence-electron chi connectivity index (χ1n) is 8.12. The van der Waals surface area contributed by atoms with Crippen LogP contribution in [-0.2, 0) is 11.2 Å². The lowest BCUT2D eigenvalue weighted by atomic mass is 10.1. The van der Waals surface area contributed by atoms with Crippen LogP contribution >= 0.6 is 0 Å². The summed E-state index contributed by atoms with van der Waals surface area (Å²) in [6, 6.07) is 3.28. The summed E-state index contributed by atoms with van der Waals surface area (Å²) in [5.74, 6) is 0. The molecule has 1 heterocycles. The maximum absolute atomic E-state index is 5.57. The average molecular weight is 279 g/mol. The number of rotatable bonds is 9. The summed E-state index contributed by atoms with van der Waals surface area (Å²) in [6.45, 7) is 3.85. The fourth-order valence-corrected chi connectivity index (χ4v) is 2.93. The standard InChI is InChI=1S/C16H29N3O/c1-3-11-20-12-9-14(17-2)13-15-8-10-19(18-15)16-6-4-5-7-16/h8,10,14,16-17H,3-7,9,11-13H2,1-2H3. The zero-order chi connectivity index (χ0) is 14.2. The third-order valence-corrected chi connectivity index (χ3v) is 4.19. The van der Waals surface area contributed by atoms with Gasteiger partial charge in [-0.05, 0) is 38.8 Å². The van der Waals surface area contributed by atoms with E-state index < -0.39 is 0 Å². The van der Waals surface area contributed by atoms with Gasteiger partial charge in [0, 0.05) is 31.9 Å². The molecule has 0 amide bonds. The molecule has 0 aromatic carbocycles. The first-order chi connectivity index (χ1) is 9.83. The highest BCUT2D eigenvalue weighted by Crippen LogP contribution is 2.28. The highest BCUT2D eigenvalue weighted by atomic mass is 16.5. The molecule has 1 atom stereocenters. The molecule has 2 rings (SSSR count). The second-order valence-corrected chi connectivity index (χ2v) is 5.82. The number of aromatic nitrogens is 2. The van der Waals surface area contributed by atoms with Crippen LogP contribution in [0, 0.1) is 0 Å². The molecule has 114 valence electrons. The number of ether oxygens (including phenoxy) is 1. The molecule has 1 aromatic heterocycles. The van der Waals surface area contributed by atoms with E-state index >= 15 is 0 Å². The van der Waals surface area contributed by atoms with Crippen molar-refractivity contribution in [2.75, 3.05) is 20.3 Å². The van der Waals surface area contributed by atoms with Crippen LogP contribution in [0.25, 0.3) is 0 Å². The second kappa shape index (κ2) is 8.42. The zero-order valence-electron chi connectivity index (χ0n) is 13.0. The minimum Gasteiger partial charge on any atom is -0.381 e. The molecule has 1 aromatic rings. The first kappa shape index (κ1) is 15.5. The summed E-state index contributed by atoms with van der Waals surface area (Å²) in [5, 5.41) is 8.14. The van der Waals surface area contributed by atoms with Crippen LogP contribution in [-0.4, -0.2) is 36.1 Å². The van der Waals surface area contributed by atoms with E-state index in [2.05, 4.69) is 29.2 Å². The van der Waals surface area contributed by atoms with E-state index in [4.69, 9.17) is 9.84 Å². The van der Waals surface area contributed by atoms with Gasteiger partial charge in [0.1, 0.15) is 0 Å². The smallest absolute Gasteiger partial charge is 0.0640 e. The second-order valence-electron chi connectivity index (χ2n) is 5.82. The van der Waals surface area contributed by atoms with Crippen LogP contribution in [0.4, 0.5) is 0 Å². The third-order valence-electron chi connectivity index (χ3n) is 4.19. The number of hydrogen-bond acceptors (Lipinski definition) is 3. The Balaban J connectivity index is 1.78. The van der Waals surface area contributed by atoms with Gasteiger partial charge in [-0.25, -0.2) is 0 Å². The maximum Gasteiger partial charge on any atom is 0.0640 e. The van der Waals surface area contributed by atoms with Crippen molar-refractivity contribution in [2.24, 2.45) is 0 Å². The van der Waals surface area contributed by atoms with E-state index in [0.717, 1.165) is 32.5 Å². The Morgan fingerprint density at radius 3 is 2.90 bits per heavy atom. The minimum absolute atomic E-state index is 0.457. The number of likely N-dealkylation sites (N-methyl/N-ethyl adjacent to an activating group) is 1. The average Bonchev–Trinajstić information content (AvgIpc) is 3.12. The lowest BCUT2D eigenvalue weighted by Crippen LogP contribution is -2.29. The lowest BCUT2D eigenvalue weighted by molar-refractivity contribution is 0.125. The van der Waals surface area contributed by atoms with E-state index in [1.807, 2.05) is 7.05 Å². The fourth-order valence-electron chi connectivity index (χ4n) is 2.93. The van der Waals surface area contributed by atoms with Crippen LogP contribution in [0.15, 0.2) is 12.3 Å². The van der Waals surface area contributed by atoms with Crippen LogP contribution in [0.5, 0.6) is 0 Å². The van der Waals surface area contributed by atoms with E-state index in [-0.39, 0.29) is 0 Å². The van der Waals surface area contributed by atoms with Gasteiger partial charge in [-0.2, -0.15) is 5.10 Å². The topological polar surface area (TPSA) is 39.1 Å². The van der Waals surface area contributed by atoms with Crippen molar-refractivity contribution in [3.63, 3.8) is 0 Å². The van der Waals surface area contributed by atoms with Crippen molar-refractivity contribution in [3.05, 3.63) is 18.0 Å². The summed E-state index contributed by atoms with van der Waals surface area (Å²) in [7, 11) is 2.03. The van der Waals surface area contributed by atoms with Gasteiger partial charge in [-0.15, -0.1) is 0 Å². The normalized spacial score (nSPS) is 17.7. The Hall–Kier alpha value is -0.870. The molecule has 4 nitrogen and oxygen atoms in total. The van der Waals surface area contributed by atoms with E-state index in [1.54, 1.807) is 0 Å². The Morgan fingerprint density at radius 2 is 2.20 bits per heavy atom. The molecule has 1 fully saturated rings. The van der Waals surface area contributed by atoms with Crippen LogP contribution < -0.4 is 5.32 Å². The van der Waals surface area contributed by atoms with Crippen LogP contribution in [0.3, 0.4) is 0 Å². The van der Waals surface area contributed by atoms with Crippen LogP contribution in [0.1, 0.15) is 57.2 Å². The molecule has 1 aliphatic carbocycles. The number of nitrogens with one attached hydrogen (secondary N) is 1. The Bertz CT molecular complexity index is 372. The molecule has 0 saturated heterocycles. The van der Waals surface area contributed by atoms with E-state index in [0.29, 0.717) is 12.1 Å². The fraction of sp³-hybridized carbons (Fsp3) is 0.812. The van der Waals surface area contributed by atoms with Crippen molar-refractivity contribution >= 4 is 0 Å². The summed E-state index contributed by atoms with van der Waals surface area (Å²) >= 11 is 0. The Labute approximate surface area is 122 Å². The van der Waals surface area contributed by atoms with Gasteiger partial charge in [-0.3, -0.25) is 4.68 Å². The highest BCUT2D eigenvalue weighted by Gasteiger charge is 2.18. The highest BCUT2D eigenvalue weighted by molar-refractivity contribution is 5.02. The van der Waals surface area contributed by atoms with Gasteiger partial charge in [0.2, 0.25) is 0 Å². The summed E-state index contributed by atoms with van der Waals surface area (Å²) in [5.41, 5.74) is 1.20. The number of nitrogens with zero attached hydrogens (tertiary/aromatic N) is 2. The lowest BCUT2D eigenvalue weighted by Gasteiger charge is -2.15.